The van der Waals surface area contributed by atoms with Crippen molar-refractivity contribution in [2.24, 2.45) is 0 Å². The van der Waals surface area contributed by atoms with Gasteiger partial charge in [-0.25, -0.2) is 9.59 Å². The Kier molecular flexibility index (Phi) is 4.21. The van der Waals surface area contributed by atoms with E-state index < -0.39 is 17.5 Å². The molecule has 126 valence electrons. The zero-order chi connectivity index (χ0) is 18.0. The van der Waals surface area contributed by atoms with Crippen molar-refractivity contribution in [3.05, 3.63) is 70.1 Å². The molecule has 1 amide bonds. The molecular formula is C18H13NO6. The second-order valence-electron chi connectivity index (χ2n) is 5.17. The van der Waals surface area contributed by atoms with Gasteiger partial charge in [0.1, 0.15) is 5.56 Å². The minimum Gasteiger partial charge on any atom is -0.493 e. The van der Waals surface area contributed by atoms with E-state index in [1.807, 2.05) is 0 Å². The smallest absolute Gasteiger partial charge is 0.349 e. The first-order chi connectivity index (χ1) is 12.0. The number of rotatable bonds is 4. The molecule has 2 N–H and O–H groups in total. The molecule has 0 aliphatic carbocycles. The average molecular weight is 339 g/mol. The second kappa shape index (κ2) is 6.48. The molecule has 0 unspecified atom stereocenters. The van der Waals surface area contributed by atoms with Gasteiger partial charge in [0, 0.05) is 11.1 Å². The fourth-order valence-electron chi connectivity index (χ4n) is 2.37. The summed E-state index contributed by atoms with van der Waals surface area (Å²) in [6.07, 6.45) is 0. The molecule has 7 nitrogen and oxygen atoms in total. The molecule has 0 aliphatic rings. The molecule has 0 radical (unpaired) electrons. The molecule has 3 rings (SSSR count). The van der Waals surface area contributed by atoms with Crippen LogP contribution < -0.4 is 15.7 Å². The third-order valence-electron chi connectivity index (χ3n) is 3.56. The summed E-state index contributed by atoms with van der Waals surface area (Å²) in [5.74, 6) is -1.43. The van der Waals surface area contributed by atoms with Crippen LogP contribution in [0.5, 0.6) is 5.75 Å². The van der Waals surface area contributed by atoms with Crippen molar-refractivity contribution in [1.29, 1.82) is 0 Å². The SMILES string of the molecule is COc1cccc2cc(C(=O)Nc3cccc(C(=O)O)c3)c(=O)oc12. The molecule has 0 saturated heterocycles. The normalized spacial score (nSPS) is 10.4. The summed E-state index contributed by atoms with van der Waals surface area (Å²) in [5, 5.41) is 12.0. The second-order valence-corrected chi connectivity index (χ2v) is 5.17. The number of benzene rings is 2. The van der Waals surface area contributed by atoms with E-state index in [0.29, 0.717) is 11.1 Å². The van der Waals surface area contributed by atoms with Gasteiger partial charge in [0.05, 0.1) is 12.7 Å². The molecule has 0 aliphatic heterocycles. The van der Waals surface area contributed by atoms with Gasteiger partial charge in [0.15, 0.2) is 11.3 Å². The van der Waals surface area contributed by atoms with Crippen LogP contribution >= 0.6 is 0 Å². The Balaban J connectivity index is 1.97. The highest BCUT2D eigenvalue weighted by molar-refractivity contribution is 6.06. The Morgan fingerprint density at radius 1 is 1.12 bits per heavy atom. The van der Waals surface area contributed by atoms with Crippen molar-refractivity contribution < 1.29 is 23.8 Å². The predicted molar refractivity (Wildman–Crippen MR) is 90.4 cm³/mol. The maximum Gasteiger partial charge on any atom is 0.349 e. The van der Waals surface area contributed by atoms with Gasteiger partial charge in [-0.05, 0) is 30.3 Å². The van der Waals surface area contributed by atoms with E-state index in [1.54, 1.807) is 18.2 Å². The minimum absolute atomic E-state index is 0.0214. The summed E-state index contributed by atoms with van der Waals surface area (Å²) >= 11 is 0. The fourth-order valence-corrected chi connectivity index (χ4v) is 2.37. The van der Waals surface area contributed by atoms with Crippen molar-refractivity contribution in [3.63, 3.8) is 0 Å². The third-order valence-corrected chi connectivity index (χ3v) is 3.56. The van der Waals surface area contributed by atoms with Crippen LogP contribution in [0.1, 0.15) is 20.7 Å². The summed E-state index contributed by atoms with van der Waals surface area (Å²) in [4.78, 5) is 35.5. The lowest BCUT2D eigenvalue weighted by atomic mass is 10.1. The molecular weight excluding hydrogens is 326 g/mol. The molecule has 25 heavy (non-hydrogen) atoms. The molecule has 0 bridgehead atoms. The summed E-state index contributed by atoms with van der Waals surface area (Å²) in [6, 6.07) is 12.1. The maximum atomic E-state index is 12.4. The molecule has 2 aromatic carbocycles. The van der Waals surface area contributed by atoms with Gasteiger partial charge in [0.25, 0.3) is 5.91 Å². The number of amides is 1. The van der Waals surface area contributed by atoms with Crippen LogP contribution in [0.25, 0.3) is 11.0 Å². The average Bonchev–Trinajstić information content (AvgIpc) is 2.60. The number of para-hydroxylation sites is 1. The Morgan fingerprint density at radius 2 is 1.88 bits per heavy atom. The van der Waals surface area contributed by atoms with E-state index in [1.165, 1.54) is 37.4 Å². The first kappa shape index (κ1) is 16.3. The summed E-state index contributed by atoms with van der Waals surface area (Å²) in [5.41, 5.74) is -0.479. The third kappa shape index (κ3) is 3.20. The molecule has 7 heteroatoms. The van der Waals surface area contributed by atoms with Gasteiger partial charge in [-0.3, -0.25) is 4.79 Å². The molecule has 0 fully saturated rings. The van der Waals surface area contributed by atoms with Crippen LogP contribution in [0.3, 0.4) is 0 Å². The highest BCUT2D eigenvalue weighted by atomic mass is 16.5. The number of hydrogen-bond acceptors (Lipinski definition) is 5. The van der Waals surface area contributed by atoms with E-state index in [0.717, 1.165) is 0 Å². The van der Waals surface area contributed by atoms with Crippen LogP contribution in [0.2, 0.25) is 0 Å². The molecule has 0 spiro atoms. The lowest BCUT2D eigenvalue weighted by Gasteiger charge is -2.07. The number of hydrogen-bond donors (Lipinski definition) is 2. The number of nitrogens with one attached hydrogen (secondary N) is 1. The maximum absolute atomic E-state index is 12.4. The highest BCUT2D eigenvalue weighted by Gasteiger charge is 2.16. The van der Waals surface area contributed by atoms with Crippen molar-refractivity contribution in [2.45, 2.75) is 0 Å². The topological polar surface area (TPSA) is 106 Å². The van der Waals surface area contributed by atoms with Gasteiger partial charge < -0.3 is 19.6 Å². The van der Waals surface area contributed by atoms with Crippen molar-refractivity contribution in [1.82, 2.24) is 0 Å². The van der Waals surface area contributed by atoms with Crippen LogP contribution in [0.4, 0.5) is 5.69 Å². The number of anilines is 1. The lowest BCUT2D eigenvalue weighted by molar-refractivity contribution is 0.0696. The number of ether oxygens (including phenoxy) is 1. The number of carboxylic acid groups (broad SMARTS) is 1. The van der Waals surface area contributed by atoms with Crippen LogP contribution in [-0.2, 0) is 0 Å². The van der Waals surface area contributed by atoms with Crippen molar-refractivity contribution in [2.75, 3.05) is 12.4 Å². The molecule has 3 aromatic rings. The van der Waals surface area contributed by atoms with Crippen LogP contribution in [0, 0.1) is 0 Å². The van der Waals surface area contributed by atoms with Gasteiger partial charge in [-0.15, -0.1) is 0 Å². The van der Waals surface area contributed by atoms with E-state index in [4.69, 9.17) is 14.3 Å². The van der Waals surface area contributed by atoms with E-state index in [2.05, 4.69) is 5.32 Å². The van der Waals surface area contributed by atoms with Gasteiger partial charge >= 0.3 is 11.6 Å². The number of methoxy groups -OCH3 is 1. The zero-order valence-corrected chi connectivity index (χ0v) is 13.1. The van der Waals surface area contributed by atoms with E-state index in [-0.39, 0.29) is 22.4 Å². The van der Waals surface area contributed by atoms with Gasteiger partial charge in [-0.1, -0.05) is 18.2 Å². The fraction of sp³-hybridized carbons (Fsp3) is 0.0556. The Hall–Kier alpha value is -3.61. The van der Waals surface area contributed by atoms with Crippen molar-refractivity contribution >= 4 is 28.5 Å². The standard InChI is InChI=1S/C18H13NO6/c1-24-14-7-3-4-10-9-13(18(23)25-15(10)14)16(20)19-12-6-2-5-11(8-12)17(21)22/h2-9H,1H3,(H,19,20)(H,21,22). The minimum atomic E-state index is -1.12. The van der Waals surface area contributed by atoms with E-state index >= 15 is 0 Å². The number of aromatic carboxylic acids is 1. The number of carboxylic acids is 1. The summed E-state index contributed by atoms with van der Waals surface area (Å²) < 4.78 is 10.3. The number of fused-ring (bicyclic) bond motifs is 1. The lowest BCUT2D eigenvalue weighted by Crippen LogP contribution is -2.20. The first-order valence-corrected chi connectivity index (χ1v) is 7.25. The van der Waals surface area contributed by atoms with Crippen LogP contribution in [0.15, 0.2) is 57.7 Å². The number of carbonyl (C=O) groups is 2. The van der Waals surface area contributed by atoms with Gasteiger partial charge in [0.2, 0.25) is 0 Å². The Bertz CT molecular complexity index is 1040. The summed E-state index contributed by atoms with van der Waals surface area (Å²) in [6.45, 7) is 0. The zero-order valence-electron chi connectivity index (χ0n) is 13.1. The Labute approximate surface area is 141 Å². The highest BCUT2D eigenvalue weighted by Crippen LogP contribution is 2.24. The molecule has 1 heterocycles. The van der Waals surface area contributed by atoms with Gasteiger partial charge in [-0.2, -0.15) is 0 Å². The largest absolute Gasteiger partial charge is 0.493 e. The first-order valence-electron chi connectivity index (χ1n) is 7.25. The number of carbonyl (C=O) groups excluding carboxylic acids is 1. The van der Waals surface area contributed by atoms with E-state index in [9.17, 15) is 14.4 Å². The van der Waals surface area contributed by atoms with Crippen molar-refractivity contribution in [3.8, 4) is 5.75 Å². The predicted octanol–water partition coefficient (Wildman–Crippen LogP) is 2.75. The quantitative estimate of drug-likeness (QED) is 0.708. The molecule has 0 atom stereocenters. The Morgan fingerprint density at radius 3 is 2.60 bits per heavy atom. The molecule has 0 saturated carbocycles. The summed E-state index contributed by atoms with van der Waals surface area (Å²) in [7, 11) is 1.45. The van der Waals surface area contributed by atoms with Crippen LogP contribution in [-0.4, -0.2) is 24.1 Å². The molecule has 1 aromatic heterocycles. The monoisotopic (exact) mass is 339 g/mol.